The van der Waals surface area contributed by atoms with E-state index in [0.29, 0.717) is 19.4 Å². The third-order valence-electron chi connectivity index (χ3n) is 3.19. The molecule has 2 atom stereocenters. The summed E-state index contributed by atoms with van der Waals surface area (Å²) >= 11 is 0. The van der Waals surface area contributed by atoms with Gasteiger partial charge in [0.1, 0.15) is 0 Å². The van der Waals surface area contributed by atoms with Crippen molar-refractivity contribution in [3.63, 3.8) is 0 Å². The lowest BCUT2D eigenvalue weighted by molar-refractivity contribution is -0.180. The van der Waals surface area contributed by atoms with E-state index in [-0.39, 0.29) is 24.2 Å². The zero-order valence-electron chi connectivity index (χ0n) is 9.83. The Kier molecular flexibility index (Phi) is 4.25. The Morgan fingerprint density at radius 2 is 2.00 bits per heavy atom. The standard InChI is InChI=1S/C10H15N3O4.H2O/c11-6-3-4-8(14)12-5-1-2-7(10(16)17)13(12)9(6)15;/h6-7H,1-5,11H2,(H,16,17);1H2/t6-,7-;/m0./s1. The van der Waals surface area contributed by atoms with Crippen molar-refractivity contribution in [2.75, 3.05) is 6.54 Å². The Balaban J connectivity index is 0.00000162. The normalized spacial score (nSPS) is 28.3. The number of aliphatic carboxylic acids is 1. The number of hydrazine groups is 1. The van der Waals surface area contributed by atoms with Crippen LogP contribution in [0.4, 0.5) is 0 Å². The van der Waals surface area contributed by atoms with Crippen molar-refractivity contribution < 1.29 is 25.0 Å². The zero-order valence-corrected chi connectivity index (χ0v) is 9.83. The van der Waals surface area contributed by atoms with E-state index in [4.69, 9.17) is 10.8 Å². The number of rotatable bonds is 1. The van der Waals surface area contributed by atoms with E-state index in [1.807, 2.05) is 0 Å². The van der Waals surface area contributed by atoms with Gasteiger partial charge in [-0.05, 0) is 19.3 Å². The number of carboxylic acid groups (broad SMARTS) is 1. The summed E-state index contributed by atoms with van der Waals surface area (Å²) in [6.45, 7) is 0.390. The fourth-order valence-corrected chi connectivity index (χ4v) is 2.28. The Morgan fingerprint density at radius 1 is 1.33 bits per heavy atom. The van der Waals surface area contributed by atoms with Gasteiger partial charge in [-0.25, -0.2) is 9.80 Å². The molecule has 2 fully saturated rings. The van der Waals surface area contributed by atoms with Crippen molar-refractivity contribution in [2.24, 2.45) is 5.73 Å². The molecule has 0 bridgehead atoms. The molecule has 2 saturated heterocycles. The molecule has 102 valence electrons. The molecule has 18 heavy (non-hydrogen) atoms. The van der Waals surface area contributed by atoms with Gasteiger partial charge in [-0.1, -0.05) is 0 Å². The lowest BCUT2D eigenvalue weighted by Gasteiger charge is -2.41. The molecule has 0 aromatic heterocycles. The van der Waals surface area contributed by atoms with Crippen molar-refractivity contribution in [3.8, 4) is 0 Å². The highest BCUT2D eigenvalue weighted by molar-refractivity contribution is 5.91. The smallest absolute Gasteiger partial charge is 0.328 e. The van der Waals surface area contributed by atoms with Crippen LogP contribution < -0.4 is 5.73 Å². The number of amides is 2. The molecule has 0 aliphatic carbocycles. The van der Waals surface area contributed by atoms with Crippen LogP contribution in [0.3, 0.4) is 0 Å². The minimum atomic E-state index is -1.09. The summed E-state index contributed by atoms with van der Waals surface area (Å²) in [5, 5.41) is 11.4. The van der Waals surface area contributed by atoms with E-state index < -0.39 is 24.0 Å². The summed E-state index contributed by atoms with van der Waals surface area (Å²) in [6.07, 6.45) is 1.41. The monoisotopic (exact) mass is 259 g/mol. The maximum Gasteiger partial charge on any atom is 0.328 e. The quantitative estimate of drug-likeness (QED) is 0.567. The summed E-state index contributed by atoms with van der Waals surface area (Å²) < 4.78 is 0. The predicted octanol–water partition coefficient (Wildman–Crippen LogP) is -1.90. The minimum absolute atomic E-state index is 0. The average molecular weight is 259 g/mol. The van der Waals surface area contributed by atoms with E-state index in [0.717, 1.165) is 5.01 Å². The van der Waals surface area contributed by atoms with Gasteiger partial charge in [0.2, 0.25) is 5.91 Å². The fourth-order valence-electron chi connectivity index (χ4n) is 2.28. The molecule has 0 unspecified atom stereocenters. The Hall–Kier alpha value is -1.67. The summed E-state index contributed by atoms with van der Waals surface area (Å²) in [7, 11) is 0. The van der Waals surface area contributed by atoms with Gasteiger partial charge in [0, 0.05) is 13.0 Å². The van der Waals surface area contributed by atoms with Crippen LogP contribution in [0.25, 0.3) is 0 Å². The van der Waals surface area contributed by atoms with E-state index in [9.17, 15) is 14.4 Å². The third kappa shape index (κ3) is 2.29. The number of fused-ring (bicyclic) bond motifs is 1. The largest absolute Gasteiger partial charge is 0.480 e. The second-order valence-corrected chi connectivity index (χ2v) is 4.34. The van der Waals surface area contributed by atoms with Crippen molar-refractivity contribution in [1.29, 1.82) is 0 Å². The maximum absolute atomic E-state index is 12.0. The second-order valence-electron chi connectivity index (χ2n) is 4.34. The molecule has 0 radical (unpaired) electrons. The molecule has 2 amide bonds. The lowest BCUT2D eigenvalue weighted by Crippen LogP contribution is -2.61. The van der Waals surface area contributed by atoms with Gasteiger partial charge < -0.3 is 16.3 Å². The van der Waals surface area contributed by atoms with Gasteiger partial charge in [-0.2, -0.15) is 0 Å². The Bertz CT molecular complexity index is 373. The third-order valence-corrected chi connectivity index (χ3v) is 3.19. The summed E-state index contributed by atoms with van der Waals surface area (Å²) in [5.74, 6) is -1.79. The number of hydrogen-bond acceptors (Lipinski definition) is 4. The molecule has 8 heteroatoms. The van der Waals surface area contributed by atoms with Crippen LogP contribution in [0, 0.1) is 0 Å². The molecule has 8 nitrogen and oxygen atoms in total. The molecular formula is C10H17N3O5. The first-order valence-corrected chi connectivity index (χ1v) is 5.64. The number of carboxylic acids is 1. The van der Waals surface area contributed by atoms with Crippen LogP contribution in [0.15, 0.2) is 0 Å². The summed E-state index contributed by atoms with van der Waals surface area (Å²) in [6, 6.07) is -1.76. The summed E-state index contributed by atoms with van der Waals surface area (Å²) in [4.78, 5) is 34.9. The zero-order chi connectivity index (χ0) is 12.6. The molecule has 2 aliphatic rings. The Morgan fingerprint density at radius 3 is 2.61 bits per heavy atom. The number of carbonyl (C=O) groups is 3. The minimum Gasteiger partial charge on any atom is -0.480 e. The van der Waals surface area contributed by atoms with Crippen LogP contribution in [0.2, 0.25) is 0 Å². The van der Waals surface area contributed by atoms with Gasteiger partial charge in [0.05, 0.1) is 6.04 Å². The van der Waals surface area contributed by atoms with Gasteiger partial charge in [-0.15, -0.1) is 0 Å². The molecule has 0 aromatic rings. The average Bonchev–Trinajstić information content (AvgIpc) is 2.42. The van der Waals surface area contributed by atoms with E-state index in [1.54, 1.807) is 0 Å². The van der Waals surface area contributed by atoms with Crippen molar-refractivity contribution in [2.45, 2.75) is 37.8 Å². The van der Waals surface area contributed by atoms with Gasteiger partial charge in [0.25, 0.3) is 5.91 Å². The first kappa shape index (κ1) is 14.4. The number of carbonyl (C=O) groups excluding carboxylic acids is 2. The van der Waals surface area contributed by atoms with Crippen LogP contribution in [0.1, 0.15) is 25.7 Å². The fraction of sp³-hybridized carbons (Fsp3) is 0.700. The Labute approximate surface area is 104 Å². The predicted molar refractivity (Wildman–Crippen MR) is 60.0 cm³/mol. The van der Waals surface area contributed by atoms with Crippen LogP contribution >= 0.6 is 0 Å². The second kappa shape index (κ2) is 5.32. The summed E-state index contributed by atoms with van der Waals surface area (Å²) in [5.41, 5.74) is 5.65. The van der Waals surface area contributed by atoms with Gasteiger partial charge in [0.15, 0.2) is 6.04 Å². The van der Waals surface area contributed by atoms with E-state index in [2.05, 4.69) is 0 Å². The van der Waals surface area contributed by atoms with Crippen molar-refractivity contribution in [3.05, 3.63) is 0 Å². The highest BCUT2D eigenvalue weighted by Gasteiger charge is 2.43. The SMILES string of the molecule is N[C@H]1CCC(=O)N2CCC[C@@H](C(=O)O)N2C1=O.O. The first-order valence-electron chi connectivity index (χ1n) is 5.64. The van der Waals surface area contributed by atoms with Gasteiger partial charge >= 0.3 is 5.97 Å². The molecule has 0 aromatic carbocycles. The molecule has 0 spiro atoms. The van der Waals surface area contributed by atoms with Crippen LogP contribution in [-0.2, 0) is 14.4 Å². The molecular weight excluding hydrogens is 242 g/mol. The molecule has 2 rings (SSSR count). The molecule has 0 saturated carbocycles. The number of nitrogens with two attached hydrogens (primary N) is 1. The van der Waals surface area contributed by atoms with E-state index in [1.165, 1.54) is 5.01 Å². The highest BCUT2D eigenvalue weighted by Crippen LogP contribution is 2.24. The topological polar surface area (TPSA) is 135 Å². The first-order chi connectivity index (χ1) is 8.02. The highest BCUT2D eigenvalue weighted by atomic mass is 16.4. The van der Waals surface area contributed by atoms with Crippen molar-refractivity contribution in [1.82, 2.24) is 10.0 Å². The van der Waals surface area contributed by atoms with Crippen molar-refractivity contribution >= 4 is 17.8 Å². The lowest BCUT2D eigenvalue weighted by atomic mass is 10.1. The molecule has 2 aliphatic heterocycles. The number of nitrogens with zero attached hydrogens (tertiary/aromatic N) is 2. The van der Waals surface area contributed by atoms with Gasteiger partial charge in [-0.3, -0.25) is 14.6 Å². The maximum atomic E-state index is 12.0. The molecule has 2 heterocycles. The van der Waals surface area contributed by atoms with Crippen LogP contribution in [-0.4, -0.2) is 57.0 Å². The molecule has 5 N–H and O–H groups in total. The number of hydrogen-bond donors (Lipinski definition) is 2. The van der Waals surface area contributed by atoms with Crippen LogP contribution in [0.5, 0.6) is 0 Å². The van der Waals surface area contributed by atoms with E-state index >= 15 is 0 Å².